The second kappa shape index (κ2) is 6.87. The van der Waals surface area contributed by atoms with E-state index in [1.54, 1.807) is 6.92 Å². The molecule has 0 spiro atoms. The Morgan fingerprint density at radius 3 is 2.57 bits per heavy atom. The third-order valence-corrected chi connectivity index (χ3v) is 5.61. The normalized spacial score (nSPS) is 12.3. The zero-order valence-electron chi connectivity index (χ0n) is 12.0. The summed E-state index contributed by atoms with van der Waals surface area (Å²) in [4.78, 5) is -0.0394. The van der Waals surface area contributed by atoms with E-state index in [2.05, 4.69) is 14.6 Å². The van der Waals surface area contributed by atoms with Crippen molar-refractivity contribution in [2.45, 2.75) is 11.8 Å². The summed E-state index contributed by atoms with van der Waals surface area (Å²) in [6, 6.07) is 7.07. The number of benzene rings is 1. The predicted octanol–water partition coefficient (Wildman–Crippen LogP) is 1.36. The van der Waals surface area contributed by atoms with E-state index in [1.807, 2.05) is 0 Å². The van der Waals surface area contributed by atoms with E-state index in [1.165, 1.54) is 30.3 Å². The van der Waals surface area contributed by atoms with Gasteiger partial charge in [-0.25, -0.2) is 21.6 Å². The van der Waals surface area contributed by atoms with E-state index >= 15 is 0 Å². The van der Waals surface area contributed by atoms with Crippen LogP contribution in [0.2, 0.25) is 5.02 Å². The molecule has 0 aliphatic rings. The van der Waals surface area contributed by atoms with Crippen molar-refractivity contribution in [3.05, 3.63) is 41.1 Å². The molecule has 0 bridgehead atoms. The molecule has 0 radical (unpaired) electrons. The van der Waals surface area contributed by atoms with Gasteiger partial charge in [0.2, 0.25) is 20.0 Å². The van der Waals surface area contributed by atoms with Crippen LogP contribution >= 0.6 is 11.6 Å². The maximum absolute atomic E-state index is 12.0. The Morgan fingerprint density at radius 1 is 1.22 bits per heavy atom. The standard InChI is InChI=1S/C12H14ClN3O5S2/c1-9-7-12(15-21-9)16-22(17,18)6-5-14-23(19,20)11-4-2-3-10(13)8-11/h2-4,7-8,14H,5-6H2,1H3,(H,15,16). The third-order valence-electron chi connectivity index (χ3n) is 2.66. The molecule has 0 fully saturated rings. The molecule has 11 heteroatoms. The zero-order valence-corrected chi connectivity index (χ0v) is 14.4. The first kappa shape index (κ1) is 17.7. The van der Waals surface area contributed by atoms with Gasteiger partial charge in [-0.2, -0.15) is 0 Å². The molecule has 0 aliphatic carbocycles. The molecule has 0 unspecified atom stereocenters. The highest BCUT2D eigenvalue weighted by atomic mass is 35.5. The van der Waals surface area contributed by atoms with E-state index in [9.17, 15) is 16.8 Å². The Labute approximate surface area is 138 Å². The lowest BCUT2D eigenvalue weighted by molar-refractivity contribution is 0.400. The second-order valence-electron chi connectivity index (χ2n) is 4.60. The highest BCUT2D eigenvalue weighted by molar-refractivity contribution is 7.92. The second-order valence-corrected chi connectivity index (χ2v) is 8.64. The van der Waals surface area contributed by atoms with Crippen molar-refractivity contribution in [3.8, 4) is 0 Å². The molecule has 0 amide bonds. The number of aryl methyl sites for hydroxylation is 1. The average Bonchev–Trinajstić information content (AvgIpc) is 2.82. The van der Waals surface area contributed by atoms with Gasteiger partial charge in [-0.15, -0.1) is 0 Å². The number of anilines is 1. The molecule has 0 saturated carbocycles. The van der Waals surface area contributed by atoms with Crippen LogP contribution in [0.15, 0.2) is 39.8 Å². The van der Waals surface area contributed by atoms with Crippen LogP contribution in [0, 0.1) is 6.92 Å². The fraction of sp³-hybridized carbons (Fsp3) is 0.250. The first-order valence-electron chi connectivity index (χ1n) is 6.37. The molecule has 126 valence electrons. The monoisotopic (exact) mass is 379 g/mol. The molecule has 2 aromatic rings. The van der Waals surface area contributed by atoms with E-state index in [0.717, 1.165) is 0 Å². The van der Waals surface area contributed by atoms with E-state index in [-0.39, 0.29) is 22.3 Å². The topological polar surface area (TPSA) is 118 Å². The van der Waals surface area contributed by atoms with Crippen LogP contribution in [0.1, 0.15) is 5.76 Å². The van der Waals surface area contributed by atoms with Crippen molar-refractivity contribution in [3.63, 3.8) is 0 Å². The highest BCUT2D eigenvalue weighted by Gasteiger charge is 2.17. The minimum atomic E-state index is -3.83. The molecule has 0 saturated heterocycles. The maximum Gasteiger partial charge on any atom is 0.240 e. The van der Waals surface area contributed by atoms with Crippen LogP contribution < -0.4 is 9.44 Å². The molecule has 1 heterocycles. The molecular weight excluding hydrogens is 366 g/mol. The maximum atomic E-state index is 12.0. The molecule has 8 nitrogen and oxygen atoms in total. The van der Waals surface area contributed by atoms with Gasteiger partial charge >= 0.3 is 0 Å². The Balaban J connectivity index is 1.95. The first-order valence-corrected chi connectivity index (χ1v) is 9.88. The minimum Gasteiger partial charge on any atom is -0.360 e. The summed E-state index contributed by atoms with van der Waals surface area (Å²) in [5, 5.41) is 3.76. The van der Waals surface area contributed by atoms with Crippen molar-refractivity contribution < 1.29 is 21.4 Å². The lowest BCUT2D eigenvalue weighted by atomic mass is 10.4. The van der Waals surface area contributed by atoms with Crippen LogP contribution in [0.5, 0.6) is 0 Å². The van der Waals surface area contributed by atoms with Gasteiger partial charge in [0.25, 0.3) is 0 Å². The van der Waals surface area contributed by atoms with Gasteiger partial charge in [-0.1, -0.05) is 22.8 Å². The summed E-state index contributed by atoms with van der Waals surface area (Å²) in [5.74, 6) is 0.0307. The predicted molar refractivity (Wildman–Crippen MR) is 85.3 cm³/mol. The van der Waals surface area contributed by atoms with Crippen LogP contribution in [0.4, 0.5) is 5.82 Å². The van der Waals surface area contributed by atoms with Gasteiger partial charge in [-0.05, 0) is 25.1 Å². The van der Waals surface area contributed by atoms with Gasteiger partial charge in [0.1, 0.15) is 5.76 Å². The minimum absolute atomic E-state index is 0.0394. The molecular formula is C12H14ClN3O5S2. The van der Waals surface area contributed by atoms with Gasteiger partial charge in [0.15, 0.2) is 5.82 Å². The Bertz CT molecular complexity index is 893. The molecule has 2 N–H and O–H groups in total. The SMILES string of the molecule is Cc1cc(NS(=O)(=O)CCNS(=O)(=O)c2cccc(Cl)c2)no1. The summed E-state index contributed by atoms with van der Waals surface area (Å²) in [5.41, 5.74) is 0. The van der Waals surface area contributed by atoms with Gasteiger partial charge in [0.05, 0.1) is 10.6 Å². The molecule has 1 aromatic heterocycles. The largest absolute Gasteiger partial charge is 0.360 e. The zero-order chi connectivity index (χ0) is 17.1. The number of aromatic nitrogens is 1. The lowest BCUT2D eigenvalue weighted by Gasteiger charge is -2.08. The third kappa shape index (κ3) is 5.20. The van der Waals surface area contributed by atoms with E-state index < -0.39 is 25.8 Å². The smallest absolute Gasteiger partial charge is 0.240 e. The van der Waals surface area contributed by atoms with Crippen LogP contribution in [-0.4, -0.2) is 34.3 Å². The van der Waals surface area contributed by atoms with Crippen molar-refractivity contribution >= 4 is 37.5 Å². The summed E-state index contributed by atoms with van der Waals surface area (Å²) >= 11 is 5.74. The molecule has 0 atom stereocenters. The molecule has 0 aliphatic heterocycles. The number of hydrogen-bond donors (Lipinski definition) is 2. The number of nitrogens with one attached hydrogen (secondary N) is 2. The van der Waals surface area contributed by atoms with Crippen LogP contribution in [-0.2, 0) is 20.0 Å². The summed E-state index contributed by atoms with van der Waals surface area (Å²) in [7, 11) is -7.59. The highest BCUT2D eigenvalue weighted by Crippen LogP contribution is 2.15. The van der Waals surface area contributed by atoms with Crippen LogP contribution in [0.3, 0.4) is 0 Å². The summed E-state index contributed by atoms with van der Waals surface area (Å²) in [6.07, 6.45) is 0. The van der Waals surface area contributed by atoms with Crippen molar-refractivity contribution in [2.24, 2.45) is 0 Å². The number of sulfonamides is 2. The lowest BCUT2D eigenvalue weighted by Crippen LogP contribution is -2.31. The van der Waals surface area contributed by atoms with E-state index in [4.69, 9.17) is 16.1 Å². The van der Waals surface area contributed by atoms with E-state index in [0.29, 0.717) is 5.76 Å². The quantitative estimate of drug-likeness (QED) is 0.749. The Morgan fingerprint density at radius 2 is 1.96 bits per heavy atom. The summed E-state index contributed by atoms with van der Waals surface area (Å²) < 4.78 is 56.8. The summed E-state index contributed by atoms with van der Waals surface area (Å²) in [6.45, 7) is 1.31. The first-order chi connectivity index (χ1) is 10.7. The van der Waals surface area contributed by atoms with Gasteiger partial charge < -0.3 is 4.52 Å². The number of halogens is 1. The van der Waals surface area contributed by atoms with Gasteiger partial charge in [-0.3, -0.25) is 4.72 Å². The molecule has 23 heavy (non-hydrogen) atoms. The number of hydrogen-bond acceptors (Lipinski definition) is 6. The van der Waals surface area contributed by atoms with Crippen molar-refractivity contribution in [1.29, 1.82) is 0 Å². The molecule has 2 rings (SSSR count). The number of nitrogens with zero attached hydrogens (tertiary/aromatic N) is 1. The fourth-order valence-electron chi connectivity index (χ4n) is 1.65. The Kier molecular flexibility index (Phi) is 5.30. The fourth-order valence-corrected chi connectivity index (χ4v) is 4.00. The van der Waals surface area contributed by atoms with Gasteiger partial charge in [0, 0.05) is 17.6 Å². The average molecular weight is 380 g/mol. The van der Waals surface area contributed by atoms with Crippen molar-refractivity contribution in [1.82, 2.24) is 9.88 Å². The van der Waals surface area contributed by atoms with Crippen molar-refractivity contribution in [2.75, 3.05) is 17.0 Å². The number of rotatable bonds is 7. The molecule has 1 aromatic carbocycles. The van der Waals surface area contributed by atoms with Crippen LogP contribution in [0.25, 0.3) is 0 Å². The Hall–Kier alpha value is -1.62.